The molecule has 0 aliphatic carbocycles. The number of ether oxygens (including phenoxy) is 1. The van der Waals surface area contributed by atoms with Crippen LogP contribution in [0.1, 0.15) is 20.3 Å². The maximum atomic E-state index is 13.0. The largest absolute Gasteiger partial charge is 0.497 e. The first-order valence-corrected chi connectivity index (χ1v) is 9.07. The fourth-order valence-electron chi connectivity index (χ4n) is 3.25. The molecule has 7 heteroatoms. The third-order valence-corrected chi connectivity index (χ3v) is 4.58. The summed E-state index contributed by atoms with van der Waals surface area (Å²) < 4.78 is 5.09. The van der Waals surface area contributed by atoms with E-state index in [9.17, 15) is 14.4 Å². The predicted octanol–water partition coefficient (Wildman–Crippen LogP) is 3.27. The van der Waals surface area contributed by atoms with E-state index in [0.717, 1.165) is 4.90 Å². The number of urea groups is 1. The number of carbonyl (C=O) groups excluding carboxylic acids is 3. The number of nitrogens with zero attached hydrogens (tertiary/aromatic N) is 2. The van der Waals surface area contributed by atoms with Gasteiger partial charge in [-0.05, 0) is 50.2 Å². The van der Waals surface area contributed by atoms with Crippen LogP contribution in [0.25, 0.3) is 0 Å². The second kappa shape index (κ2) is 8.12. The minimum absolute atomic E-state index is 0.113. The number of benzene rings is 2. The van der Waals surface area contributed by atoms with Gasteiger partial charge in [0.15, 0.2) is 0 Å². The standard InChI is InChI=1S/C21H23N3O4/c1-14(2)23-18(13-19(25)22-15-9-11-17(28-3)12-10-15)20(26)24(21(23)27)16-7-5-4-6-8-16/h4-12,14,18H,13H2,1-3H3,(H,22,25)/t18-/m0/s1. The molecule has 1 aliphatic heterocycles. The molecule has 1 heterocycles. The zero-order chi connectivity index (χ0) is 20.3. The smallest absolute Gasteiger partial charge is 0.332 e. The van der Waals surface area contributed by atoms with E-state index in [1.807, 2.05) is 19.9 Å². The number of nitrogens with one attached hydrogen (secondary N) is 1. The second-order valence-corrected chi connectivity index (χ2v) is 6.79. The van der Waals surface area contributed by atoms with Crippen LogP contribution in [0.3, 0.4) is 0 Å². The highest BCUT2D eigenvalue weighted by Gasteiger charge is 2.47. The SMILES string of the molecule is COc1ccc(NC(=O)C[C@H]2C(=O)N(c3ccccc3)C(=O)N2C(C)C)cc1. The van der Waals surface area contributed by atoms with Crippen molar-refractivity contribution in [1.82, 2.24) is 4.90 Å². The molecule has 0 unspecified atom stereocenters. The molecule has 1 atom stereocenters. The summed E-state index contributed by atoms with van der Waals surface area (Å²) in [5, 5.41) is 2.77. The minimum atomic E-state index is -0.842. The fourth-order valence-corrected chi connectivity index (χ4v) is 3.25. The van der Waals surface area contributed by atoms with Crippen LogP contribution >= 0.6 is 0 Å². The summed E-state index contributed by atoms with van der Waals surface area (Å²) in [5.41, 5.74) is 1.10. The second-order valence-electron chi connectivity index (χ2n) is 6.79. The maximum Gasteiger partial charge on any atom is 0.332 e. The number of rotatable bonds is 6. The molecule has 2 aromatic rings. The van der Waals surface area contributed by atoms with Gasteiger partial charge >= 0.3 is 6.03 Å². The van der Waals surface area contributed by atoms with E-state index in [-0.39, 0.29) is 18.4 Å². The third-order valence-electron chi connectivity index (χ3n) is 4.58. The molecule has 146 valence electrons. The Morgan fingerprint density at radius 3 is 2.29 bits per heavy atom. The molecule has 1 aliphatic rings. The Kier molecular flexibility index (Phi) is 5.63. The molecule has 0 spiro atoms. The third kappa shape index (κ3) is 3.83. The molecule has 4 amide bonds. The van der Waals surface area contributed by atoms with E-state index in [0.29, 0.717) is 17.1 Å². The Morgan fingerprint density at radius 1 is 1.07 bits per heavy atom. The van der Waals surface area contributed by atoms with Gasteiger partial charge in [-0.1, -0.05) is 18.2 Å². The van der Waals surface area contributed by atoms with E-state index in [1.165, 1.54) is 4.90 Å². The molecular weight excluding hydrogens is 358 g/mol. The number of para-hydroxylation sites is 1. The van der Waals surface area contributed by atoms with Crippen LogP contribution in [-0.4, -0.2) is 41.9 Å². The Morgan fingerprint density at radius 2 is 1.71 bits per heavy atom. The van der Waals surface area contributed by atoms with Gasteiger partial charge in [-0.25, -0.2) is 9.69 Å². The average Bonchev–Trinajstić information content (AvgIpc) is 2.93. The quantitative estimate of drug-likeness (QED) is 0.779. The minimum Gasteiger partial charge on any atom is -0.497 e. The zero-order valence-corrected chi connectivity index (χ0v) is 16.1. The number of hydrogen-bond acceptors (Lipinski definition) is 4. The van der Waals surface area contributed by atoms with Gasteiger partial charge < -0.3 is 15.0 Å². The number of carbonyl (C=O) groups is 3. The van der Waals surface area contributed by atoms with Gasteiger partial charge in [0.25, 0.3) is 5.91 Å². The lowest BCUT2D eigenvalue weighted by molar-refractivity contribution is -0.124. The molecule has 1 N–H and O–H groups in total. The molecule has 3 rings (SSSR count). The van der Waals surface area contributed by atoms with Crippen molar-refractivity contribution in [2.75, 3.05) is 17.3 Å². The Balaban J connectivity index is 1.77. The van der Waals surface area contributed by atoms with Gasteiger partial charge in [0.05, 0.1) is 19.2 Å². The molecule has 2 aromatic carbocycles. The molecule has 0 bridgehead atoms. The van der Waals surface area contributed by atoms with Crippen molar-refractivity contribution in [2.24, 2.45) is 0 Å². The Bertz CT molecular complexity index is 865. The molecular formula is C21H23N3O4. The van der Waals surface area contributed by atoms with Crippen LogP contribution < -0.4 is 15.0 Å². The van der Waals surface area contributed by atoms with E-state index in [2.05, 4.69) is 5.32 Å². The van der Waals surface area contributed by atoms with E-state index >= 15 is 0 Å². The van der Waals surface area contributed by atoms with Crippen LogP contribution in [0.15, 0.2) is 54.6 Å². The molecule has 7 nitrogen and oxygen atoms in total. The molecule has 0 saturated carbocycles. The summed E-state index contributed by atoms with van der Waals surface area (Å²) in [6.45, 7) is 3.65. The van der Waals surface area contributed by atoms with Gasteiger partial charge in [-0.2, -0.15) is 0 Å². The molecule has 0 radical (unpaired) electrons. The lowest BCUT2D eigenvalue weighted by atomic mass is 10.1. The van der Waals surface area contributed by atoms with Crippen molar-refractivity contribution in [3.05, 3.63) is 54.6 Å². The number of amides is 4. The van der Waals surface area contributed by atoms with Crippen molar-refractivity contribution >= 4 is 29.2 Å². The van der Waals surface area contributed by atoms with Gasteiger partial charge in [-0.15, -0.1) is 0 Å². The van der Waals surface area contributed by atoms with Crippen molar-refractivity contribution in [3.8, 4) is 5.75 Å². The first kappa shape index (κ1) is 19.4. The van der Waals surface area contributed by atoms with Crippen LogP contribution in [0.2, 0.25) is 0 Å². The number of hydrogen-bond donors (Lipinski definition) is 1. The number of methoxy groups -OCH3 is 1. The van der Waals surface area contributed by atoms with Crippen molar-refractivity contribution < 1.29 is 19.1 Å². The summed E-state index contributed by atoms with van der Waals surface area (Å²) >= 11 is 0. The summed E-state index contributed by atoms with van der Waals surface area (Å²) in [5.74, 6) is -0.0503. The monoisotopic (exact) mass is 381 g/mol. The van der Waals surface area contributed by atoms with Crippen LogP contribution in [-0.2, 0) is 9.59 Å². The predicted molar refractivity (Wildman–Crippen MR) is 106 cm³/mol. The first-order valence-electron chi connectivity index (χ1n) is 9.07. The first-order chi connectivity index (χ1) is 13.4. The summed E-state index contributed by atoms with van der Waals surface area (Å²) in [4.78, 5) is 41.0. The Hall–Kier alpha value is -3.35. The zero-order valence-electron chi connectivity index (χ0n) is 16.1. The van der Waals surface area contributed by atoms with Crippen LogP contribution in [0.4, 0.5) is 16.2 Å². The van der Waals surface area contributed by atoms with Crippen LogP contribution in [0.5, 0.6) is 5.75 Å². The number of imide groups is 1. The summed E-state index contributed by atoms with van der Waals surface area (Å²) in [6, 6.07) is 14.2. The van der Waals surface area contributed by atoms with E-state index < -0.39 is 18.0 Å². The summed E-state index contributed by atoms with van der Waals surface area (Å²) in [6.07, 6.45) is -0.113. The molecule has 1 saturated heterocycles. The highest BCUT2D eigenvalue weighted by Crippen LogP contribution is 2.28. The van der Waals surface area contributed by atoms with E-state index in [4.69, 9.17) is 4.74 Å². The Labute approximate surface area is 163 Å². The van der Waals surface area contributed by atoms with Gasteiger partial charge in [0.1, 0.15) is 11.8 Å². The molecule has 1 fully saturated rings. The van der Waals surface area contributed by atoms with Gasteiger partial charge in [0.2, 0.25) is 5.91 Å². The lowest BCUT2D eigenvalue weighted by Crippen LogP contribution is -2.42. The highest BCUT2D eigenvalue weighted by atomic mass is 16.5. The van der Waals surface area contributed by atoms with Crippen molar-refractivity contribution in [1.29, 1.82) is 0 Å². The average molecular weight is 381 g/mol. The normalized spacial score (nSPS) is 16.6. The van der Waals surface area contributed by atoms with Crippen LogP contribution in [0, 0.1) is 0 Å². The topological polar surface area (TPSA) is 79.0 Å². The van der Waals surface area contributed by atoms with Gasteiger partial charge in [0, 0.05) is 11.7 Å². The van der Waals surface area contributed by atoms with Gasteiger partial charge in [-0.3, -0.25) is 9.59 Å². The summed E-state index contributed by atoms with van der Waals surface area (Å²) in [7, 11) is 1.56. The fraction of sp³-hybridized carbons (Fsp3) is 0.286. The highest BCUT2D eigenvalue weighted by molar-refractivity contribution is 6.22. The van der Waals surface area contributed by atoms with Crippen molar-refractivity contribution in [2.45, 2.75) is 32.4 Å². The number of anilines is 2. The molecule has 28 heavy (non-hydrogen) atoms. The molecule has 0 aromatic heterocycles. The lowest BCUT2D eigenvalue weighted by Gasteiger charge is -2.25. The van der Waals surface area contributed by atoms with E-state index in [1.54, 1.807) is 55.6 Å². The van der Waals surface area contributed by atoms with Crippen molar-refractivity contribution in [3.63, 3.8) is 0 Å². The maximum absolute atomic E-state index is 13.0.